The number of aliphatic carboxylic acids is 1. The highest BCUT2D eigenvalue weighted by Crippen LogP contribution is 2.19. The predicted octanol–water partition coefficient (Wildman–Crippen LogP) is 0.972. The molecule has 0 aliphatic heterocycles. The van der Waals surface area contributed by atoms with Crippen molar-refractivity contribution in [3.8, 4) is 11.5 Å². The van der Waals surface area contributed by atoms with Crippen LogP contribution in [0, 0.1) is 0 Å². The van der Waals surface area contributed by atoms with E-state index in [-0.39, 0.29) is 13.1 Å². The summed E-state index contributed by atoms with van der Waals surface area (Å²) in [5, 5.41) is 18.7. The highest BCUT2D eigenvalue weighted by atomic mass is 32.1. The van der Waals surface area contributed by atoms with E-state index in [1.165, 1.54) is 0 Å². The molecule has 2 rings (SSSR count). The molecule has 7 heteroatoms. The fraction of sp³-hybridized carbons (Fsp3) is 0.222. The molecule has 0 saturated heterocycles. The average Bonchev–Trinajstić information content (AvgIpc) is 2.85. The van der Waals surface area contributed by atoms with Gasteiger partial charge in [0.15, 0.2) is 5.82 Å². The number of nitrogens with zero attached hydrogens (tertiary/aromatic N) is 2. The minimum Gasteiger partial charge on any atom is -0.480 e. The molecule has 2 N–H and O–H groups in total. The van der Waals surface area contributed by atoms with Gasteiger partial charge in [-0.25, -0.2) is 0 Å². The second-order valence-electron chi connectivity index (χ2n) is 3.03. The van der Waals surface area contributed by atoms with Gasteiger partial charge in [0.1, 0.15) is 0 Å². The Morgan fingerprint density at radius 3 is 3.19 bits per heavy atom. The molecule has 16 heavy (non-hydrogen) atoms. The van der Waals surface area contributed by atoms with Crippen molar-refractivity contribution >= 4 is 17.3 Å². The Morgan fingerprint density at radius 2 is 2.50 bits per heavy atom. The Kier molecular flexibility index (Phi) is 3.28. The monoisotopic (exact) mass is 239 g/mol. The molecule has 0 unspecified atom stereocenters. The van der Waals surface area contributed by atoms with Gasteiger partial charge in [0.05, 0.1) is 18.7 Å². The lowest BCUT2D eigenvalue weighted by atomic mass is 10.3. The number of thiophene rings is 1. The van der Waals surface area contributed by atoms with Crippen LogP contribution in [0.25, 0.3) is 11.5 Å². The molecule has 2 aromatic heterocycles. The smallest absolute Gasteiger partial charge is 0.317 e. The third kappa shape index (κ3) is 2.65. The van der Waals surface area contributed by atoms with Crippen LogP contribution < -0.4 is 5.32 Å². The first-order chi connectivity index (χ1) is 7.75. The van der Waals surface area contributed by atoms with Crippen molar-refractivity contribution in [3.63, 3.8) is 0 Å². The minimum atomic E-state index is -0.915. The zero-order chi connectivity index (χ0) is 11.4. The van der Waals surface area contributed by atoms with Crippen molar-refractivity contribution in [3.05, 3.63) is 22.7 Å². The maximum atomic E-state index is 10.3. The maximum absolute atomic E-state index is 10.3. The average molecular weight is 239 g/mol. The highest BCUT2D eigenvalue weighted by Gasteiger charge is 2.08. The van der Waals surface area contributed by atoms with Crippen LogP contribution in [0.1, 0.15) is 5.82 Å². The Morgan fingerprint density at radius 1 is 1.62 bits per heavy atom. The van der Waals surface area contributed by atoms with Crippen molar-refractivity contribution in [2.45, 2.75) is 6.54 Å². The third-order valence-corrected chi connectivity index (χ3v) is 2.48. The molecule has 0 bridgehead atoms. The van der Waals surface area contributed by atoms with Crippen LogP contribution in [0.3, 0.4) is 0 Å². The van der Waals surface area contributed by atoms with Crippen molar-refractivity contribution < 1.29 is 14.4 Å². The van der Waals surface area contributed by atoms with E-state index >= 15 is 0 Å². The van der Waals surface area contributed by atoms with Crippen molar-refractivity contribution in [1.82, 2.24) is 15.5 Å². The number of carboxylic acids is 1. The van der Waals surface area contributed by atoms with E-state index in [2.05, 4.69) is 15.5 Å². The van der Waals surface area contributed by atoms with Gasteiger partial charge in [0.25, 0.3) is 5.89 Å². The van der Waals surface area contributed by atoms with Gasteiger partial charge in [-0.15, -0.1) is 0 Å². The zero-order valence-electron chi connectivity index (χ0n) is 8.21. The van der Waals surface area contributed by atoms with E-state index in [9.17, 15) is 4.79 Å². The first-order valence-corrected chi connectivity index (χ1v) is 5.47. The van der Waals surface area contributed by atoms with Gasteiger partial charge in [-0.05, 0) is 11.4 Å². The standard InChI is InChI=1S/C9H9N3O3S/c13-8(14)4-10-3-7-11-9(15-12-7)6-1-2-16-5-6/h1-2,5,10H,3-4H2,(H,13,14). The van der Waals surface area contributed by atoms with E-state index in [0.717, 1.165) is 5.56 Å². The molecule has 0 amide bonds. The van der Waals surface area contributed by atoms with E-state index in [4.69, 9.17) is 9.63 Å². The molecule has 0 aliphatic carbocycles. The molecule has 0 spiro atoms. The van der Waals surface area contributed by atoms with Crippen LogP contribution in [0.5, 0.6) is 0 Å². The molecule has 2 heterocycles. The Bertz CT molecular complexity index is 466. The number of rotatable bonds is 5. The fourth-order valence-electron chi connectivity index (χ4n) is 1.11. The van der Waals surface area contributed by atoms with Gasteiger partial charge in [-0.3, -0.25) is 10.1 Å². The first kappa shape index (κ1) is 10.8. The van der Waals surface area contributed by atoms with Gasteiger partial charge in [-0.2, -0.15) is 16.3 Å². The zero-order valence-corrected chi connectivity index (χ0v) is 9.03. The second kappa shape index (κ2) is 4.86. The molecular formula is C9H9N3O3S. The van der Waals surface area contributed by atoms with Gasteiger partial charge >= 0.3 is 5.97 Å². The molecule has 0 fully saturated rings. The van der Waals surface area contributed by atoms with Crippen molar-refractivity contribution in [2.24, 2.45) is 0 Å². The fourth-order valence-corrected chi connectivity index (χ4v) is 1.74. The molecule has 0 saturated carbocycles. The molecule has 6 nitrogen and oxygen atoms in total. The van der Waals surface area contributed by atoms with Crippen molar-refractivity contribution in [2.75, 3.05) is 6.54 Å². The van der Waals surface area contributed by atoms with E-state index < -0.39 is 5.97 Å². The quantitative estimate of drug-likeness (QED) is 0.808. The van der Waals surface area contributed by atoms with Crippen LogP contribution in [0.15, 0.2) is 21.3 Å². The molecule has 84 valence electrons. The number of hydrogen-bond acceptors (Lipinski definition) is 6. The number of aromatic nitrogens is 2. The van der Waals surface area contributed by atoms with Crippen LogP contribution >= 0.6 is 11.3 Å². The van der Waals surface area contributed by atoms with Crippen LogP contribution in [-0.2, 0) is 11.3 Å². The van der Waals surface area contributed by atoms with Gasteiger partial charge < -0.3 is 9.63 Å². The summed E-state index contributed by atoms with van der Waals surface area (Å²) in [6, 6.07) is 1.88. The Labute approximate surface area is 94.9 Å². The summed E-state index contributed by atoms with van der Waals surface area (Å²) in [6.07, 6.45) is 0. The summed E-state index contributed by atoms with van der Waals surface area (Å²) in [4.78, 5) is 14.4. The summed E-state index contributed by atoms with van der Waals surface area (Å²) < 4.78 is 5.02. The number of hydrogen-bond donors (Lipinski definition) is 2. The summed E-state index contributed by atoms with van der Waals surface area (Å²) in [7, 11) is 0. The minimum absolute atomic E-state index is 0.123. The van der Waals surface area contributed by atoms with E-state index in [0.29, 0.717) is 11.7 Å². The van der Waals surface area contributed by atoms with Crippen LogP contribution in [0.2, 0.25) is 0 Å². The van der Waals surface area contributed by atoms with E-state index in [1.54, 1.807) is 11.3 Å². The van der Waals surface area contributed by atoms with Crippen LogP contribution in [0.4, 0.5) is 0 Å². The molecule has 0 atom stereocenters. The topological polar surface area (TPSA) is 88.2 Å². The number of carbonyl (C=O) groups is 1. The Balaban J connectivity index is 1.95. The predicted molar refractivity (Wildman–Crippen MR) is 57.0 cm³/mol. The second-order valence-corrected chi connectivity index (χ2v) is 3.81. The molecule has 0 radical (unpaired) electrons. The summed E-state index contributed by atoms with van der Waals surface area (Å²) in [5.74, 6) is -0.0163. The highest BCUT2D eigenvalue weighted by molar-refractivity contribution is 7.08. The molecule has 0 aliphatic rings. The first-order valence-electron chi connectivity index (χ1n) is 4.53. The maximum Gasteiger partial charge on any atom is 0.317 e. The number of carboxylic acid groups (broad SMARTS) is 1. The third-order valence-electron chi connectivity index (χ3n) is 1.80. The van der Waals surface area contributed by atoms with Crippen molar-refractivity contribution in [1.29, 1.82) is 0 Å². The SMILES string of the molecule is O=C(O)CNCc1noc(-c2ccsc2)n1. The van der Waals surface area contributed by atoms with Gasteiger partial charge in [0, 0.05) is 5.38 Å². The molecule has 0 aromatic carbocycles. The van der Waals surface area contributed by atoms with Gasteiger partial charge in [-0.1, -0.05) is 5.16 Å². The largest absolute Gasteiger partial charge is 0.480 e. The summed E-state index contributed by atoms with van der Waals surface area (Å²) in [5.41, 5.74) is 0.877. The lowest BCUT2D eigenvalue weighted by molar-refractivity contribution is -0.136. The normalized spacial score (nSPS) is 10.5. The van der Waals surface area contributed by atoms with Gasteiger partial charge in [0.2, 0.25) is 0 Å². The lowest BCUT2D eigenvalue weighted by Crippen LogP contribution is -2.22. The lowest BCUT2D eigenvalue weighted by Gasteiger charge is -1.94. The van der Waals surface area contributed by atoms with Crippen LogP contribution in [-0.4, -0.2) is 27.8 Å². The summed E-state index contributed by atoms with van der Waals surface area (Å²) >= 11 is 1.54. The number of nitrogens with one attached hydrogen (secondary N) is 1. The summed E-state index contributed by atoms with van der Waals surface area (Å²) in [6.45, 7) is 0.155. The Hall–Kier alpha value is -1.73. The molecular weight excluding hydrogens is 230 g/mol. The molecule has 2 aromatic rings. The van der Waals surface area contributed by atoms with E-state index in [1.807, 2.05) is 16.8 Å².